The van der Waals surface area contributed by atoms with E-state index in [2.05, 4.69) is 32.9 Å². The second-order valence-corrected chi connectivity index (χ2v) is 7.49. The number of rotatable bonds is 4. The van der Waals surface area contributed by atoms with E-state index in [9.17, 15) is 9.90 Å². The van der Waals surface area contributed by atoms with Crippen molar-refractivity contribution in [1.82, 2.24) is 0 Å². The highest BCUT2D eigenvalue weighted by molar-refractivity contribution is 6.29. The molecule has 0 aromatic heterocycles. The first-order chi connectivity index (χ1) is 9.84. The van der Waals surface area contributed by atoms with Crippen LogP contribution >= 0.6 is 11.6 Å². The molecule has 1 fully saturated rings. The van der Waals surface area contributed by atoms with Crippen molar-refractivity contribution in [1.29, 1.82) is 0 Å². The Labute approximate surface area is 132 Å². The van der Waals surface area contributed by atoms with Crippen LogP contribution in [0.3, 0.4) is 0 Å². The van der Waals surface area contributed by atoms with Crippen LogP contribution in [0.2, 0.25) is 0 Å². The molecule has 0 amide bonds. The highest BCUT2D eigenvalue weighted by Crippen LogP contribution is 2.47. The number of hydrogen-bond acceptors (Lipinski definition) is 1. The molecule has 0 aliphatic heterocycles. The maximum absolute atomic E-state index is 11.4. The minimum atomic E-state index is -0.885. The molecule has 1 aliphatic carbocycles. The van der Waals surface area contributed by atoms with E-state index in [0.717, 1.165) is 19.3 Å². The quantitative estimate of drug-likeness (QED) is 0.818. The second kappa shape index (κ2) is 6.39. The highest BCUT2D eigenvalue weighted by Gasteiger charge is 2.44. The molecule has 4 atom stereocenters. The Morgan fingerprint density at radius 1 is 1.29 bits per heavy atom. The summed E-state index contributed by atoms with van der Waals surface area (Å²) in [5, 5.41) is 8.55. The Kier molecular flexibility index (Phi) is 4.98. The summed E-state index contributed by atoms with van der Waals surface area (Å²) in [4.78, 5) is 11.4. The summed E-state index contributed by atoms with van der Waals surface area (Å²) in [5.74, 6) is 0.000810. The molecule has 1 saturated carbocycles. The van der Waals surface area contributed by atoms with Gasteiger partial charge in [0.25, 0.3) is 0 Å². The van der Waals surface area contributed by atoms with E-state index in [4.69, 9.17) is 11.6 Å². The Morgan fingerprint density at radius 3 is 2.48 bits per heavy atom. The van der Waals surface area contributed by atoms with Crippen molar-refractivity contribution in [3.8, 4) is 0 Å². The number of hydrogen-bond donors (Lipinski definition) is 1. The molecule has 2 nitrogen and oxygen atoms in total. The van der Waals surface area contributed by atoms with Gasteiger partial charge in [-0.25, -0.2) is 0 Å². The van der Waals surface area contributed by atoms with Gasteiger partial charge in [-0.15, -0.1) is 11.6 Å². The average Bonchev–Trinajstić information content (AvgIpc) is 2.47. The molecule has 1 aromatic carbocycles. The molecule has 116 valence electrons. The minimum absolute atomic E-state index is 0.0307. The first kappa shape index (κ1) is 16.4. The van der Waals surface area contributed by atoms with E-state index in [1.807, 2.05) is 18.2 Å². The predicted molar refractivity (Wildman–Crippen MR) is 86.7 cm³/mol. The molecule has 0 heterocycles. The molecule has 0 spiro atoms. The monoisotopic (exact) mass is 308 g/mol. The summed E-state index contributed by atoms with van der Waals surface area (Å²) >= 11 is 6.25. The standard InChI is InChI=1S/C18H25ClO2/c1-12-9-10-15(14(11-12)16(19)17(20)21)18(2,3)13-7-5-4-6-8-13/h4-8,12,14-16H,9-11H2,1-3H3,(H,20,21)/t12-,14-,15+,16?/m1/s1. The van der Waals surface area contributed by atoms with Gasteiger partial charge in [-0.05, 0) is 41.6 Å². The minimum Gasteiger partial charge on any atom is -0.480 e. The molecular weight excluding hydrogens is 284 g/mol. The molecule has 0 bridgehead atoms. The van der Waals surface area contributed by atoms with E-state index in [1.165, 1.54) is 5.56 Å². The van der Waals surface area contributed by atoms with E-state index < -0.39 is 11.3 Å². The fourth-order valence-corrected chi connectivity index (χ4v) is 4.19. The van der Waals surface area contributed by atoms with Crippen molar-refractivity contribution < 1.29 is 9.90 Å². The first-order valence-corrected chi connectivity index (χ1v) is 8.20. The molecule has 1 aromatic rings. The predicted octanol–water partition coefficient (Wildman–Crippen LogP) is 4.71. The number of carbonyl (C=O) groups is 1. The summed E-state index contributed by atoms with van der Waals surface area (Å²) in [6, 6.07) is 10.4. The van der Waals surface area contributed by atoms with E-state index in [-0.39, 0.29) is 11.3 Å². The third kappa shape index (κ3) is 3.42. The number of carboxylic acid groups (broad SMARTS) is 1. The lowest BCUT2D eigenvalue weighted by atomic mass is 9.60. The molecule has 0 radical (unpaired) electrons. The smallest absolute Gasteiger partial charge is 0.321 e. The summed E-state index contributed by atoms with van der Waals surface area (Å²) in [6.07, 6.45) is 3.10. The van der Waals surface area contributed by atoms with Gasteiger partial charge >= 0.3 is 5.97 Å². The van der Waals surface area contributed by atoms with Crippen LogP contribution in [0.4, 0.5) is 0 Å². The zero-order valence-corrected chi connectivity index (χ0v) is 13.8. The zero-order valence-electron chi connectivity index (χ0n) is 13.1. The van der Waals surface area contributed by atoms with Crippen LogP contribution < -0.4 is 0 Å². The van der Waals surface area contributed by atoms with Crippen LogP contribution in [-0.2, 0) is 10.2 Å². The SMILES string of the molecule is C[C@@H]1CC[C@H](C(C)(C)c2ccccc2)[C@H](C(Cl)C(=O)O)C1. The summed E-state index contributed by atoms with van der Waals surface area (Å²) in [5.41, 5.74) is 1.21. The maximum atomic E-state index is 11.4. The van der Waals surface area contributed by atoms with Gasteiger partial charge < -0.3 is 5.11 Å². The van der Waals surface area contributed by atoms with Gasteiger partial charge in [-0.3, -0.25) is 4.79 Å². The van der Waals surface area contributed by atoms with Crippen molar-refractivity contribution in [2.75, 3.05) is 0 Å². The molecule has 3 heteroatoms. The van der Waals surface area contributed by atoms with Gasteiger partial charge in [0.2, 0.25) is 0 Å². The average molecular weight is 309 g/mol. The molecule has 1 N–H and O–H groups in total. The molecule has 21 heavy (non-hydrogen) atoms. The Morgan fingerprint density at radius 2 is 1.90 bits per heavy atom. The molecule has 1 aliphatic rings. The van der Waals surface area contributed by atoms with Crippen molar-refractivity contribution in [3.63, 3.8) is 0 Å². The van der Waals surface area contributed by atoms with Gasteiger partial charge in [-0.2, -0.15) is 0 Å². The topological polar surface area (TPSA) is 37.3 Å². The number of halogens is 1. The zero-order chi connectivity index (χ0) is 15.6. The fourth-order valence-electron chi connectivity index (χ4n) is 3.91. The number of carboxylic acids is 1. The van der Waals surface area contributed by atoms with Gasteiger partial charge in [-0.1, -0.05) is 57.5 Å². The second-order valence-electron chi connectivity index (χ2n) is 7.02. The normalized spacial score (nSPS) is 28.1. The van der Waals surface area contributed by atoms with Crippen LogP contribution in [0.5, 0.6) is 0 Å². The molecule has 0 saturated heterocycles. The third-order valence-electron chi connectivity index (χ3n) is 5.22. The lowest BCUT2D eigenvalue weighted by Gasteiger charge is -2.45. The van der Waals surface area contributed by atoms with E-state index >= 15 is 0 Å². The van der Waals surface area contributed by atoms with Gasteiger partial charge in [0.15, 0.2) is 0 Å². The van der Waals surface area contributed by atoms with Gasteiger partial charge in [0.1, 0.15) is 5.38 Å². The van der Waals surface area contributed by atoms with Crippen LogP contribution in [-0.4, -0.2) is 16.5 Å². The highest BCUT2D eigenvalue weighted by atomic mass is 35.5. The summed E-state index contributed by atoms with van der Waals surface area (Å²) < 4.78 is 0. The number of aliphatic carboxylic acids is 1. The van der Waals surface area contributed by atoms with Crippen LogP contribution in [0.25, 0.3) is 0 Å². The summed E-state index contributed by atoms with van der Waals surface area (Å²) in [7, 11) is 0. The van der Waals surface area contributed by atoms with E-state index in [1.54, 1.807) is 0 Å². The third-order valence-corrected chi connectivity index (χ3v) is 5.73. The van der Waals surface area contributed by atoms with Crippen LogP contribution in [0.1, 0.15) is 45.6 Å². The van der Waals surface area contributed by atoms with E-state index in [0.29, 0.717) is 11.8 Å². The molecule has 2 rings (SSSR count). The van der Waals surface area contributed by atoms with Crippen LogP contribution in [0.15, 0.2) is 30.3 Å². The Balaban J connectivity index is 2.32. The summed E-state index contributed by atoms with van der Waals surface area (Å²) in [6.45, 7) is 6.65. The lowest BCUT2D eigenvalue weighted by molar-refractivity contribution is -0.138. The lowest BCUT2D eigenvalue weighted by Crippen LogP contribution is -2.43. The van der Waals surface area contributed by atoms with Crippen molar-refractivity contribution in [3.05, 3.63) is 35.9 Å². The van der Waals surface area contributed by atoms with Gasteiger partial charge in [0, 0.05) is 0 Å². The van der Waals surface area contributed by atoms with Gasteiger partial charge in [0.05, 0.1) is 0 Å². The largest absolute Gasteiger partial charge is 0.480 e. The number of benzene rings is 1. The van der Waals surface area contributed by atoms with Crippen molar-refractivity contribution in [2.45, 2.75) is 50.8 Å². The Bertz CT molecular complexity index is 483. The molecular formula is C18H25ClO2. The molecule has 1 unspecified atom stereocenters. The number of alkyl halides is 1. The maximum Gasteiger partial charge on any atom is 0.321 e. The fraction of sp³-hybridized carbons (Fsp3) is 0.611. The Hall–Kier alpha value is -1.02. The van der Waals surface area contributed by atoms with Crippen LogP contribution in [0, 0.1) is 17.8 Å². The first-order valence-electron chi connectivity index (χ1n) is 7.76. The van der Waals surface area contributed by atoms with Crippen molar-refractivity contribution >= 4 is 17.6 Å². The van der Waals surface area contributed by atoms with Crippen molar-refractivity contribution in [2.24, 2.45) is 17.8 Å².